The van der Waals surface area contributed by atoms with E-state index in [0.717, 1.165) is 21.7 Å². The standard InChI is InChI=1S/C21H19ClN2O3S/c1-13-6-8-15(9-7-13)20-24-18(12-28-20)21(26)27-11-19(25)23-14(2)16-4-3-5-17(22)10-16/h3-10,12,14H,11H2,1-2H3,(H,23,25)/t14-/m0/s1. The first-order valence-electron chi connectivity index (χ1n) is 8.67. The minimum absolute atomic E-state index is 0.191. The number of nitrogens with zero attached hydrogens (tertiary/aromatic N) is 1. The number of benzene rings is 2. The Morgan fingerprint density at radius 3 is 2.68 bits per heavy atom. The second-order valence-electron chi connectivity index (χ2n) is 6.32. The van der Waals surface area contributed by atoms with Crippen LogP contribution in [0.5, 0.6) is 0 Å². The van der Waals surface area contributed by atoms with Crippen LogP contribution in [0.3, 0.4) is 0 Å². The summed E-state index contributed by atoms with van der Waals surface area (Å²) in [4.78, 5) is 28.5. The van der Waals surface area contributed by atoms with E-state index in [9.17, 15) is 9.59 Å². The number of hydrogen-bond donors (Lipinski definition) is 1. The number of thiazole rings is 1. The van der Waals surface area contributed by atoms with E-state index in [1.807, 2.05) is 50.2 Å². The van der Waals surface area contributed by atoms with Crippen LogP contribution in [0.2, 0.25) is 5.02 Å². The van der Waals surface area contributed by atoms with Gasteiger partial charge in [0, 0.05) is 16.0 Å². The van der Waals surface area contributed by atoms with E-state index in [1.54, 1.807) is 17.5 Å². The Balaban J connectivity index is 1.54. The van der Waals surface area contributed by atoms with Gasteiger partial charge in [-0.05, 0) is 31.5 Å². The molecule has 3 rings (SSSR count). The highest BCUT2D eigenvalue weighted by molar-refractivity contribution is 7.13. The van der Waals surface area contributed by atoms with Crippen LogP contribution in [0.25, 0.3) is 10.6 Å². The van der Waals surface area contributed by atoms with Crippen LogP contribution in [0.4, 0.5) is 0 Å². The van der Waals surface area contributed by atoms with Crippen molar-refractivity contribution in [3.05, 3.63) is 75.8 Å². The molecule has 0 unspecified atom stereocenters. The summed E-state index contributed by atoms with van der Waals surface area (Å²) in [6, 6.07) is 14.8. The molecule has 2 aromatic carbocycles. The van der Waals surface area contributed by atoms with Gasteiger partial charge in [-0.15, -0.1) is 11.3 Å². The average Bonchev–Trinajstić information content (AvgIpc) is 3.17. The Labute approximate surface area is 172 Å². The maximum Gasteiger partial charge on any atom is 0.358 e. The molecule has 0 saturated carbocycles. The fourth-order valence-electron chi connectivity index (χ4n) is 2.54. The van der Waals surface area contributed by atoms with Crippen molar-refractivity contribution >= 4 is 34.8 Å². The molecule has 0 fully saturated rings. The summed E-state index contributed by atoms with van der Waals surface area (Å²) in [5.74, 6) is -1.02. The highest BCUT2D eigenvalue weighted by atomic mass is 35.5. The van der Waals surface area contributed by atoms with E-state index in [-0.39, 0.29) is 18.3 Å². The van der Waals surface area contributed by atoms with Crippen LogP contribution < -0.4 is 5.32 Å². The zero-order valence-electron chi connectivity index (χ0n) is 15.4. The van der Waals surface area contributed by atoms with Crippen LogP contribution in [-0.4, -0.2) is 23.5 Å². The molecule has 7 heteroatoms. The van der Waals surface area contributed by atoms with Gasteiger partial charge in [-0.3, -0.25) is 4.79 Å². The molecule has 0 aliphatic rings. The van der Waals surface area contributed by atoms with Gasteiger partial charge in [-0.2, -0.15) is 0 Å². The summed E-state index contributed by atoms with van der Waals surface area (Å²) in [6.45, 7) is 3.47. The van der Waals surface area contributed by atoms with Gasteiger partial charge < -0.3 is 10.1 Å². The summed E-state index contributed by atoms with van der Waals surface area (Å²) in [5.41, 5.74) is 3.14. The Morgan fingerprint density at radius 1 is 1.21 bits per heavy atom. The Morgan fingerprint density at radius 2 is 1.96 bits per heavy atom. The van der Waals surface area contributed by atoms with Gasteiger partial charge in [0.15, 0.2) is 12.3 Å². The van der Waals surface area contributed by atoms with Crippen LogP contribution in [0.1, 0.15) is 34.6 Å². The number of carbonyl (C=O) groups is 2. The number of esters is 1. The van der Waals surface area contributed by atoms with Crippen LogP contribution in [0.15, 0.2) is 53.9 Å². The van der Waals surface area contributed by atoms with Gasteiger partial charge in [-0.1, -0.05) is 53.6 Å². The number of aromatic nitrogens is 1. The van der Waals surface area contributed by atoms with Crippen molar-refractivity contribution in [1.82, 2.24) is 10.3 Å². The monoisotopic (exact) mass is 414 g/mol. The molecular formula is C21H19ClN2O3S. The second kappa shape index (κ2) is 8.99. The molecule has 1 amide bonds. The SMILES string of the molecule is Cc1ccc(-c2nc(C(=O)OCC(=O)N[C@@H](C)c3cccc(Cl)c3)cs2)cc1. The largest absolute Gasteiger partial charge is 0.451 e. The second-order valence-corrected chi connectivity index (χ2v) is 7.62. The van der Waals surface area contributed by atoms with E-state index in [4.69, 9.17) is 16.3 Å². The molecule has 3 aromatic rings. The molecule has 1 aromatic heterocycles. The summed E-state index contributed by atoms with van der Waals surface area (Å²) in [6.07, 6.45) is 0. The molecule has 0 aliphatic carbocycles. The smallest absolute Gasteiger partial charge is 0.358 e. The number of hydrogen-bond acceptors (Lipinski definition) is 5. The van der Waals surface area contributed by atoms with E-state index >= 15 is 0 Å². The van der Waals surface area contributed by atoms with E-state index < -0.39 is 11.9 Å². The lowest BCUT2D eigenvalue weighted by Crippen LogP contribution is -2.31. The van der Waals surface area contributed by atoms with Crippen LogP contribution >= 0.6 is 22.9 Å². The molecule has 0 saturated heterocycles. The number of amides is 1. The molecule has 1 atom stereocenters. The van der Waals surface area contributed by atoms with Crippen molar-refractivity contribution in [2.75, 3.05) is 6.61 Å². The zero-order valence-corrected chi connectivity index (χ0v) is 17.0. The van der Waals surface area contributed by atoms with E-state index in [2.05, 4.69) is 10.3 Å². The highest BCUT2D eigenvalue weighted by Crippen LogP contribution is 2.24. The van der Waals surface area contributed by atoms with E-state index in [1.165, 1.54) is 11.3 Å². The first-order chi connectivity index (χ1) is 13.4. The molecule has 0 aliphatic heterocycles. The predicted octanol–water partition coefficient (Wildman–Crippen LogP) is 4.81. The van der Waals surface area contributed by atoms with Gasteiger partial charge in [-0.25, -0.2) is 9.78 Å². The Bertz CT molecular complexity index is 985. The predicted molar refractivity (Wildman–Crippen MR) is 111 cm³/mol. The summed E-state index contributed by atoms with van der Waals surface area (Å²) >= 11 is 7.32. The van der Waals surface area contributed by atoms with Gasteiger partial charge in [0.05, 0.1) is 6.04 Å². The summed E-state index contributed by atoms with van der Waals surface area (Å²) < 4.78 is 5.09. The third kappa shape index (κ3) is 5.18. The highest BCUT2D eigenvalue weighted by Gasteiger charge is 2.16. The van der Waals surface area contributed by atoms with E-state index in [0.29, 0.717) is 5.02 Å². The first kappa shape index (κ1) is 20.0. The third-order valence-electron chi connectivity index (χ3n) is 4.07. The fourth-order valence-corrected chi connectivity index (χ4v) is 3.54. The summed E-state index contributed by atoms with van der Waals surface area (Å²) in [5, 5.41) is 5.73. The maximum atomic E-state index is 12.2. The van der Waals surface area contributed by atoms with Crippen LogP contribution in [-0.2, 0) is 9.53 Å². The minimum atomic E-state index is -0.625. The number of halogens is 1. The number of aryl methyl sites for hydroxylation is 1. The minimum Gasteiger partial charge on any atom is -0.451 e. The molecule has 5 nitrogen and oxygen atoms in total. The number of ether oxygens (including phenoxy) is 1. The van der Waals surface area contributed by atoms with Crippen molar-refractivity contribution < 1.29 is 14.3 Å². The average molecular weight is 415 g/mol. The molecule has 144 valence electrons. The number of rotatable bonds is 6. The molecule has 0 bridgehead atoms. The van der Waals surface area contributed by atoms with Crippen molar-refractivity contribution in [1.29, 1.82) is 0 Å². The van der Waals surface area contributed by atoms with Gasteiger partial charge in [0.1, 0.15) is 5.01 Å². The Kier molecular flexibility index (Phi) is 6.44. The van der Waals surface area contributed by atoms with Crippen molar-refractivity contribution in [2.45, 2.75) is 19.9 Å². The first-order valence-corrected chi connectivity index (χ1v) is 9.92. The third-order valence-corrected chi connectivity index (χ3v) is 5.20. The van der Waals surface area contributed by atoms with Crippen molar-refractivity contribution in [3.63, 3.8) is 0 Å². The van der Waals surface area contributed by atoms with Crippen molar-refractivity contribution in [3.8, 4) is 10.6 Å². The molecular weight excluding hydrogens is 396 g/mol. The lowest BCUT2D eigenvalue weighted by atomic mass is 10.1. The number of nitrogens with one attached hydrogen (secondary N) is 1. The molecule has 28 heavy (non-hydrogen) atoms. The number of carbonyl (C=O) groups excluding carboxylic acids is 2. The van der Waals surface area contributed by atoms with Crippen molar-refractivity contribution in [2.24, 2.45) is 0 Å². The zero-order chi connectivity index (χ0) is 20.1. The molecule has 0 radical (unpaired) electrons. The molecule has 1 N–H and O–H groups in total. The lowest BCUT2D eigenvalue weighted by molar-refractivity contribution is -0.124. The quantitative estimate of drug-likeness (QED) is 0.588. The molecule has 1 heterocycles. The fraction of sp³-hybridized carbons (Fsp3) is 0.190. The Hall–Kier alpha value is -2.70. The normalized spacial score (nSPS) is 11.7. The topological polar surface area (TPSA) is 68.3 Å². The molecule has 0 spiro atoms. The summed E-state index contributed by atoms with van der Waals surface area (Å²) in [7, 11) is 0. The van der Waals surface area contributed by atoms with Gasteiger partial charge >= 0.3 is 5.97 Å². The lowest BCUT2D eigenvalue weighted by Gasteiger charge is -2.14. The maximum absolute atomic E-state index is 12.2. The van der Waals surface area contributed by atoms with Gasteiger partial charge in [0.25, 0.3) is 5.91 Å². The van der Waals surface area contributed by atoms with Gasteiger partial charge in [0.2, 0.25) is 0 Å². The van der Waals surface area contributed by atoms with Crippen LogP contribution in [0, 0.1) is 6.92 Å².